The molecule has 1 aliphatic heterocycles. The zero-order valence-corrected chi connectivity index (χ0v) is 12.2. The lowest BCUT2D eigenvalue weighted by Gasteiger charge is -2.43. The van der Waals surface area contributed by atoms with Crippen LogP contribution in [-0.4, -0.2) is 60.0 Å². The molecule has 0 bridgehead atoms. The van der Waals surface area contributed by atoms with Crippen LogP contribution < -0.4 is 0 Å². The first kappa shape index (κ1) is 15.0. The molecule has 0 aromatic heterocycles. The quantitative estimate of drug-likeness (QED) is 0.726. The molecule has 0 aromatic carbocycles. The van der Waals surface area contributed by atoms with E-state index in [-0.39, 0.29) is 29.8 Å². The van der Waals surface area contributed by atoms with Crippen LogP contribution in [0.4, 0.5) is 0 Å². The molecule has 0 spiro atoms. The fourth-order valence-corrected chi connectivity index (χ4v) is 3.21. The smallest absolute Gasteiger partial charge is 0.227 e. The lowest BCUT2D eigenvalue weighted by molar-refractivity contribution is -0.137. The third-order valence-corrected chi connectivity index (χ3v) is 4.61. The van der Waals surface area contributed by atoms with Gasteiger partial charge in [0.15, 0.2) is 0 Å². The Morgan fingerprint density at radius 2 is 2.30 bits per heavy atom. The van der Waals surface area contributed by atoms with Gasteiger partial charge in [-0.05, 0) is 12.8 Å². The maximum absolute atomic E-state index is 12.4. The van der Waals surface area contributed by atoms with Gasteiger partial charge in [0.1, 0.15) is 0 Å². The summed E-state index contributed by atoms with van der Waals surface area (Å²) in [7, 11) is 1.78. The number of nitrogens with zero attached hydrogens (tertiary/aromatic N) is 2. The van der Waals surface area contributed by atoms with Crippen LogP contribution in [-0.2, 0) is 9.59 Å². The predicted octanol–water partition coefficient (Wildman–Crippen LogP) is 0.642. The van der Waals surface area contributed by atoms with Gasteiger partial charge in [-0.2, -0.15) is 0 Å². The molecule has 5 nitrogen and oxygen atoms in total. The standard InChI is InChI=1S/C15H24N2O3/c1-3-7-17-9-12(8-13(17)19)14(20)16(2)10-15(11-18)5-4-6-15/h3,12,18H,1,4-11H2,2H3. The van der Waals surface area contributed by atoms with E-state index in [0.29, 0.717) is 26.1 Å². The van der Waals surface area contributed by atoms with Crippen LogP contribution in [0.15, 0.2) is 12.7 Å². The van der Waals surface area contributed by atoms with Gasteiger partial charge in [0.05, 0.1) is 12.5 Å². The normalized spacial score (nSPS) is 24.4. The molecule has 1 saturated heterocycles. The zero-order valence-electron chi connectivity index (χ0n) is 12.2. The molecule has 2 amide bonds. The van der Waals surface area contributed by atoms with Crippen molar-refractivity contribution >= 4 is 11.8 Å². The van der Waals surface area contributed by atoms with E-state index in [4.69, 9.17) is 0 Å². The van der Waals surface area contributed by atoms with Crippen LogP contribution >= 0.6 is 0 Å². The summed E-state index contributed by atoms with van der Waals surface area (Å²) in [4.78, 5) is 27.6. The number of hydrogen-bond donors (Lipinski definition) is 1. The van der Waals surface area contributed by atoms with Crippen molar-refractivity contribution in [1.82, 2.24) is 9.80 Å². The van der Waals surface area contributed by atoms with Crippen molar-refractivity contribution in [3.8, 4) is 0 Å². The van der Waals surface area contributed by atoms with Crippen LogP contribution in [0, 0.1) is 11.3 Å². The summed E-state index contributed by atoms with van der Waals surface area (Å²) in [5.74, 6) is -0.204. The van der Waals surface area contributed by atoms with Gasteiger partial charge in [0, 0.05) is 38.5 Å². The molecule has 1 aliphatic carbocycles. The molecule has 2 fully saturated rings. The molecular formula is C15H24N2O3. The van der Waals surface area contributed by atoms with Gasteiger partial charge >= 0.3 is 0 Å². The molecule has 1 heterocycles. The zero-order chi connectivity index (χ0) is 14.8. The van der Waals surface area contributed by atoms with Crippen molar-refractivity contribution in [2.45, 2.75) is 25.7 Å². The van der Waals surface area contributed by atoms with Crippen LogP contribution in [0.25, 0.3) is 0 Å². The highest BCUT2D eigenvalue weighted by atomic mass is 16.3. The minimum Gasteiger partial charge on any atom is -0.396 e. The Labute approximate surface area is 120 Å². The van der Waals surface area contributed by atoms with Crippen LogP contribution in [0.5, 0.6) is 0 Å². The molecule has 2 aliphatic rings. The number of likely N-dealkylation sites (tertiary alicyclic amines) is 1. The van der Waals surface area contributed by atoms with E-state index in [1.165, 1.54) is 0 Å². The Morgan fingerprint density at radius 3 is 2.80 bits per heavy atom. The number of carbonyl (C=O) groups excluding carboxylic acids is 2. The van der Waals surface area contributed by atoms with Gasteiger partial charge < -0.3 is 14.9 Å². The highest BCUT2D eigenvalue weighted by Gasteiger charge is 2.41. The molecule has 1 N–H and O–H groups in total. The second-order valence-electron chi connectivity index (χ2n) is 6.19. The number of aliphatic hydroxyl groups excluding tert-OH is 1. The SMILES string of the molecule is C=CCN1CC(C(=O)N(C)CC2(CO)CCC2)CC1=O. The average Bonchev–Trinajstić information content (AvgIpc) is 2.75. The summed E-state index contributed by atoms with van der Waals surface area (Å²) in [6, 6.07) is 0. The third-order valence-electron chi connectivity index (χ3n) is 4.61. The van der Waals surface area contributed by atoms with Crippen LogP contribution in [0.1, 0.15) is 25.7 Å². The summed E-state index contributed by atoms with van der Waals surface area (Å²) in [5, 5.41) is 9.48. The first-order valence-corrected chi connectivity index (χ1v) is 7.26. The monoisotopic (exact) mass is 280 g/mol. The molecule has 112 valence electrons. The molecule has 0 aromatic rings. The summed E-state index contributed by atoms with van der Waals surface area (Å²) >= 11 is 0. The Morgan fingerprint density at radius 1 is 1.60 bits per heavy atom. The van der Waals surface area contributed by atoms with Gasteiger partial charge in [-0.25, -0.2) is 0 Å². The molecule has 0 radical (unpaired) electrons. The van der Waals surface area contributed by atoms with Crippen molar-refractivity contribution < 1.29 is 14.7 Å². The van der Waals surface area contributed by atoms with Crippen molar-refractivity contribution in [2.24, 2.45) is 11.3 Å². The Balaban J connectivity index is 1.91. The topological polar surface area (TPSA) is 60.9 Å². The van der Waals surface area contributed by atoms with Gasteiger partial charge in [-0.15, -0.1) is 6.58 Å². The number of carbonyl (C=O) groups is 2. The van der Waals surface area contributed by atoms with Crippen molar-refractivity contribution in [3.63, 3.8) is 0 Å². The molecule has 2 rings (SSSR count). The van der Waals surface area contributed by atoms with E-state index in [2.05, 4.69) is 6.58 Å². The number of hydrogen-bond acceptors (Lipinski definition) is 3. The predicted molar refractivity (Wildman–Crippen MR) is 75.9 cm³/mol. The van der Waals surface area contributed by atoms with Crippen LogP contribution in [0.2, 0.25) is 0 Å². The molecule has 1 unspecified atom stereocenters. The van der Waals surface area contributed by atoms with Gasteiger partial charge in [0.25, 0.3) is 0 Å². The highest BCUT2D eigenvalue weighted by Crippen LogP contribution is 2.41. The van der Waals surface area contributed by atoms with Crippen LogP contribution in [0.3, 0.4) is 0 Å². The largest absolute Gasteiger partial charge is 0.396 e. The Hall–Kier alpha value is -1.36. The highest BCUT2D eigenvalue weighted by molar-refractivity contribution is 5.89. The van der Waals surface area contributed by atoms with Gasteiger partial charge in [0.2, 0.25) is 11.8 Å². The fourth-order valence-electron chi connectivity index (χ4n) is 3.21. The average molecular weight is 280 g/mol. The maximum Gasteiger partial charge on any atom is 0.227 e. The number of rotatable bonds is 6. The van der Waals surface area contributed by atoms with E-state index in [1.54, 1.807) is 22.9 Å². The Kier molecular flexibility index (Phi) is 4.48. The fraction of sp³-hybridized carbons (Fsp3) is 0.733. The first-order chi connectivity index (χ1) is 9.51. The molecular weight excluding hydrogens is 256 g/mol. The minimum atomic E-state index is -0.247. The summed E-state index contributed by atoms with van der Waals surface area (Å²) < 4.78 is 0. The molecule has 20 heavy (non-hydrogen) atoms. The summed E-state index contributed by atoms with van der Waals surface area (Å²) in [6.45, 7) is 5.35. The summed E-state index contributed by atoms with van der Waals surface area (Å²) in [6.07, 6.45) is 5.06. The van der Waals surface area contributed by atoms with E-state index in [1.807, 2.05) is 0 Å². The second kappa shape index (κ2) is 5.95. The summed E-state index contributed by atoms with van der Waals surface area (Å²) in [5.41, 5.74) is -0.103. The minimum absolute atomic E-state index is 0.0182. The Bertz CT molecular complexity index is 398. The lowest BCUT2D eigenvalue weighted by Crippen LogP contribution is -2.47. The second-order valence-corrected chi connectivity index (χ2v) is 6.19. The van der Waals surface area contributed by atoms with Crippen molar-refractivity contribution in [1.29, 1.82) is 0 Å². The first-order valence-electron chi connectivity index (χ1n) is 7.26. The van der Waals surface area contributed by atoms with Crippen molar-refractivity contribution in [3.05, 3.63) is 12.7 Å². The van der Waals surface area contributed by atoms with E-state index in [0.717, 1.165) is 19.3 Å². The number of amides is 2. The third kappa shape index (κ3) is 2.87. The lowest BCUT2D eigenvalue weighted by atomic mass is 9.69. The molecule has 1 saturated carbocycles. The van der Waals surface area contributed by atoms with Crippen molar-refractivity contribution in [2.75, 3.05) is 33.3 Å². The number of aliphatic hydroxyl groups is 1. The van der Waals surface area contributed by atoms with Gasteiger partial charge in [-0.3, -0.25) is 9.59 Å². The van der Waals surface area contributed by atoms with E-state index >= 15 is 0 Å². The molecule has 1 atom stereocenters. The molecule has 5 heteroatoms. The maximum atomic E-state index is 12.4. The van der Waals surface area contributed by atoms with E-state index < -0.39 is 0 Å². The van der Waals surface area contributed by atoms with E-state index in [9.17, 15) is 14.7 Å². The van der Waals surface area contributed by atoms with Gasteiger partial charge in [-0.1, -0.05) is 12.5 Å².